The lowest BCUT2D eigenvalue weighted by Crippen LogP contribution is -2.44. The molecular weight excluding hydrogens is 244 g/mol. The smallest absolute Gasteiger partial charge is 0.00979 e. The fraction of sp³-hybridized carbons (Fsp3) is 1.00. The van der Waals surface area contributed by atoms with Crippen LogP contribution in [0, 0.1) is 17.8 Å². The van der Waals surface area contributed by atoms with E-state index in [-0.39, 0.29) is 0 Å². The third kappa shape index (κ3) is 5.04. The van der Waals surface area contributed by atoms with E-state index in [9.17, 15) is 0 Å². The largest absolute Gasteiger partial charge is 0.320 e. The molecule has 2 rings (SSSR count). The molecule has 2 atom stereocenters. The van der Waals surface area contributed by atoms with Gasteiger partial charge < -0.3 is 10.2 Å². The summed E-state index contributed by atoms with van der Waals surface area (Å²) in [6.07, 6.45) is 11.6. The second-order valence-electron chi connectivity index (χ2n) is 7.69. The summed E-state index contributed by atoms with van der Waals surface area (Å²) in [6, 6.07) is 0.915. The molecule has 1 heterocycles. The fourth-order valence-corrected chi connectivity index (χ4v) is 4.43. The normalized spacial score (nSPS) is 30.0. The summed E-state index contributed by atoms with van der Waals surface area (Å²) in [5, 5.41) is 3.30. The minimum atomic E-state index is 0.881. The highest BCUT2D eigenvalue weighted by molar-refractivity contribution is 4.84. The number of nitrogens with one attached hydrogen (secondary N) is 1. The van der Waals surface area contributed by atoms with E-state index in [4.69, 9.17) is 0 Å². The Labute approximate surface area is 126 Å². The molecule has 2 aliphatic rings. The molecule has 0 spiro atoms. The minimum absolute atomic E-state index is 0.881. The van der Waals surface area contributed by atoms with Gasteiger partial charge in [0, 0.05) is 6.04 Å². The van der Waals surface area contributed by atoms with Crippen molar-refractivity contribution in [3.05, 3.63) is 0 Å². The van der Waals surface area contributed by atoms with Gasteiger partial charge >= 0.3 is 0 Å². The molecule has 0 bridgehead atoms. The SMILES string of the molecule is CNCCC1CCN(C2CCCC(CC(C)C)C2)CC1. The van der Waals surface area contributed by atoms with E-state index in [2.05, 4.69) is 31.1 Å². The zero-order valence-electron chi connectivity index (χ0n) is 14.0. The number of likely N-dealkylation sites (tertiary alicyclic amines) is 1. The first-order valence-electron chi connectivity index (χ1n) is 9.07. The topological polar surface area (TPSA) is 15.3 Å². The van der Waals surface area contributed by atoms with Crippen molar-refractivity contribution in [2.24, 2.45) is 17.8 Å². The van der Waals surface area contributed by atoms with E-state index < -0.39 is 0 Å². The van der Waals surface area contributed by atoms with Crippen LogP contribution in [0.4, 0.5) is 0 Å². The van der Waals surface area contributed by atoms with E-state index in [1.807, 2.05) is 0 Å². The highest BCUT2D eigenvalue weighted by atomic mass is 15.2. The molecule has 0 aromatic heterocycles. The van der Waals surface area contributed by atoms with Gasteiger partial charge in [0.05, 0.1) is 0 Å². The third-order valence-corrected chi connectivity index (χ3v) is 5.53. The highest BCUT2D eigenvalue weighted by Crippen LogP contribution is 2.33. The predicted octanol–water partition coefficient (Wildman–Crippen LogP) is 3.91. The van der Waals surface area contributed by atoms with E-state index in [0.717, 1.165) is 23.8 Å². The fourth-order valence-electron chi connectivity index (χ4n) is 4.43. The Morgan fingerprint density at radius 2 is 1.80 bits per heavy atom. The quantitative estimate of drug-likeness (QED) is 0.793. The molecule has 1 N–H and O–H groups in total. The van der Waals surface area contributed by atoms with Crippen LogP contribution in [0.3, 0.4) is 0 Å². The zero-order chi connectivity index (χ0) is 14.4. The van der Waals surface area contributed by atoms with Gasteiger partial charge in [-0.1, -0.05) is 26.7 Å². The Balaban J connectivity index is 1.72. The average Bonchev–Trinajstić information content (AvgIpc) is 2.45. The lowest BCUT2D eigenvalue weighted by molar-refractivity contribution is 0.0834. The first kappa shape index (κ1) is 16.3. The van der Waals surface area contributed by atoms with Crippen molar-refractivity contribution in [2.45, 2.75) is 71.3 Å². The first-order chi connectivity index (χ1) is 9.69. The van der Waals surface area contributed by atoms with Crippen molar-refractivity contribution in [3.63, 3.8) is 0 Å². The van der Waals surface area contributed by atoms with Gasteiger partial charge in [-0.2, -0.15) is 0 Å². The van der Waals surface area contributed by atoms with Crippen LogP contribution in [0.15, 0.2) is 0 Å². The zero-order valence-corrected chi connectivity index (χ0v) is 14.0. The molecule has 1 saturated carbocycles. The molecule has 1 saturated heterocycles. The van der Waals surface area contributed by atoms with Gasteiger partial charge in [0.15, 0.2) is 0 Å². The number of rotatable bonds is 6. The average molecular weight is 280 g/mol. The Kier molecular flexibility index (Phi) is 6.83. The number of hydrogen-bond donors (Lipinski definition) is 1. The second-order valence-corrected chi connectivity index (χ2v) is 7.69. The summed E-state index contributed by atoms with van der Waals surface area (Å²) in [7, 11) is 2.08. The molecule has 0 radical (unpaired) electrons. The molecule has 1 aliphatic carbocycles. The van der Waals surface area contributed by atoms with Crippen molar-refractivity contribution in [1.82, 2.24) is 10.2 Å². The lowest BCUT2D eigenvalue weighted by atomic mass is 9.79. The first-order valence-corrected chi connectivity index (χ1v) is 9.07. The van der Waals surface area contributed by atoms with Crippen LogP contribution >= 0.6 is 0 Å². The molecule has 2 heteroatoms. The summed E-state index contributed by atoms with van der Waals surface area (Å²) >= 11 is 0. The summed E-state index contributed by atoms with van der Waals surface area (Å²) in [5.41, 5.74) is 0. The Bertz CT molecular complexity index is 256. The monoisotopic (exact) mass is 280 g/mol. The lowest BCUT2D eigenvalue weighted by Gasteiger charge is -2.41. The summed E-state index contributed by atoms with van der Waals surface area (Å²) in [6.45, 7) is 8.71. The van der Waals surface area contributed by atoms with Crippen LogP contribution in [0.1, 0.15) is 65.2 Å². The maximum Gasteiger partial charge on any atom is 0.00979 e. The predicted molar refractivity (Wildman–Crippen MR) is 88.0 cm³/mol. The van der Waals surface area contributed by atoms with Gasteiger partial charge in [0.1, 0.15) is 0 Å². The van der Waals surface area contributed by atoms with E-state index in [1.165, 1.54) is 71.0 Å². The van der Waals surface area contributed by atoms with Crippen molar-refractivity contribution in [2.75, 3.05) is 26.7 Å². The van der Waals surface area contributed by atoms with Gasteiger partial charge in [0.25, 0.3) is 0 Å². The van der Waals surface area contributed by atoms with Crippen LogP contribution in [-0.2, 0) is 0 Å². The summed E-state index contributed by atoms with van der Waals surface area (Å²) in [4.78, 5) is 2.84. The Hall–Kier alpha value is -0.0800. The van der Waals surface area contributed by atoms with Crippen molar-refractivity contribution < 1.29 is 0 Å². The van der Waals surface area contributed by atoms with Gasteiger partial charge in [0.2, 0.25) is 0 Å². The third-order valence-electron chi connectivity index (χ3n) is 5.53. The van der Waals surface area contributed by atoms with E-state index >= 15 is 0 Å². The highest BCUT2D eigenvalue weighted by Gasteiger charge is 2.29. The summed E-state index contributed by atoms with van der Waals surface area (Å²) in [5.74, 6) is 2.87. The van der Waals surface area contributed by atoms with Crippen molar-refractivity contribution in [3.8, 4) is 0 Å². The van der Waals surface area contributed by atoms with Crippen LogP contribution in [-0.4, -0.2) is 37.6 Å². The van der Waals surface area contributed by atoms with E-state index in [1.54, 1.807) is 0 Å². The standard InChI is InChI=1S/C18H36N2/c1-15(2)13-17-5-4-6-18(14-17)20-11-8-16(9-12-20)7-10-19-3/h15-19H,4-14H2,1-3H3. The van der Waals surface area contributed by atoms with Crippen molar-refractivity contribution >= 4 is 0 Å². The molecule has 0 aromatic carbocycles. The van der Waals surface area contributed by atoms with Crippen LogP contribution in [0.5, 0.6) is 0 Å². The molecule has 20 heavy (non-hydrogen) atoms. The maximum atomic E-state index is 3.30. The molecule has 0 amide bonds. The summed E-state index contributed by atoms with van der Waals surface area (Å²) < 4.78 is 0. The molecule has 1 aliphatic heterocycles. The molecule has 2 nitrogen and oxygen atoms in total. The van der Waals surface area contributed by atoms with Gasteiger partial charge in [-0.3, -0.25) is 0 Å². The molecular formula is C18H36N2. The molecule has 118 valence electrons. The van der Waals surface area contributed by atoms with Gasteiger partial charge in [-0.25, -0.2) is 0 Å². The molecule has 2 fully saturated rings. The Morgan fingerprint density at radius 3 is 2.45 bits per heavy atom. The van der Waals surface area contributed by atoms with Gasteiger partial charge in [-0.05, 0) is 83.0 Å². The van der Waals surface area contributed by atoms with Crippen LogP contribution in [0.2, 0.25) is 0 Å². The van der Waals surface area contributed by atoms with Crippen LogP contribution < -0.4 is 5.32 Å². The maximum absolute atomic E-state index is 3.30. The van der Waals surface area contributed by atoms with Crippen LogP contribution in [0.25, 0.3) is 0 Å². The number of nitrogens with zero attached hydrogens (tertiary/aromatic N) is 1. The number of piperidine rings is 1. The minimum Gasteiger partial charge on any atom is -0.320 e. The van der Waals surface area contributed by atoms with Crippen molar-refractivity contribution in [1.29, 1.82) is 0 Å². The Morgan fingerprint density at radius 1 is 1.05 bits per heavy atom. The van der Waals surface area contributed by atoms with E-state index in [0.29, 0.717) is 0 Å². The molecule has 0 aromatic rings. The number of hydrogen-bond acceptors (Lipinski definition) is 2. The second kappa shape index (κ2) is 8.38. The van der Waals surface area contributed by atoms with Gasteiger partial charge in [-0.15, -0.1) is 0 Å². The molecule has 2 unspecified atom stereocenters.